The Morgan fingerprint density at radius 3 is 2.43 bits per heavy atom. The lowest BCUT2D eigenvalue weighted by atomic mass is 10.2. The molecule has 0 aromatic carbocycles. The van der Waals surface area contributed by atoms with Crippen LogP contribution in [0.5, 0.6) is 0 Å². The highest BCUT2D eigenvalue weighted by Crippen LogP contribution is 2.18. The van der Waals surface area contributed by atoms with E-state index in [0.29, 0.717) is 18.7 Å². The van der Waals surface area contributed by atoms with Crippen molar-refractivity contribution in [1.29, 1.82) is 0 Å². The minimum absolute atomic E-state index is 0.112. The largest absolute Gasteiger partial charge is 0.372 e. The van der Waals surface area contributed by atoms with Gasteiger partial charge < -0.3 is 20.3 Å². The first kappa shape index (κ1) is 17.2. The predicted molar refractivity (Wildman–Crippen MR) is 87.5 cm³/mol. The fraction of sp³-hybridized carbons (Fsp3) is 0.562. The summed E-state index contributed by atoms with van der Waals surface area (Å²) >= 11 is 0. The number of nitrogens with one attached hydrogen (secondary N) is 2. The monoisotopic (exact) mass is 320 g/mol. The molecule has 23 heavy (non-hydrogen) atoms. The van der Waals surface area contributed by atoms with E-state index in [4.69, 9.17) is 4.74 Å². The van der Waals surface area contributed by atoms with Crippen molar-refractivity contribution in [2.24, 2.45) is 0 Å². The molecular formula is C16H24N4O3. The second kappa shape index (κ2) is 7.92. The third-order valence-corrected chi connectivity index (χ3v) is 3.54. The van der Waals surface area contributed by atoms with Crippen LogP contribution >= 0.6 is 0 Å². The van der Waals surface area contributed by atoms with E-state index in [-0.39, 0.29) is 24.0 Å². The Morgan fingerprint density at radius 1 is 1.22 bits per heavy atom. The van der Waals surface area contributed by atoms with Gasteiger partial charge in [0.2, 0.25) is 5.91 Å². The number of anilines is 1. The number of carbonyl (C=O) groups is 2. The quantitative estimate of drug-likeness (QED) is 0.775. The Balaban J connectivity index is 1.88. The molecule has 7 nitrogen and oxygen atoms in total. The van der Waals surface area contributed by atoms with Gasteiger partial charge in [-0.1, -0.05) is 0 Å². The summed E-state index contributed by atoms with van der Waals surface area (Å²) in [5.41, 5.74) is 0.505. The van der Waals surface area contributed by atoms with Gasteiger partial charge in [0.05, 0.1) is 17.8 Å². The fourth-order valence-corrected chi connectivity index (χ4v) is 2.59. The maximum atomic E-state index is 12.0. The normalized spacial score (nSPS) is 20.9. The fourth-order valence-electron chi connectivity index (χ4n) is 2.59. The van der Waals surface area contributed by atoms with E-state index in [1.54, 1.807) is 12.3 Å². The van der Waals surface area contributed by atoms with Gasteiger partial charge in [-0.3, -0.25) is 9.59 Å². The number of carbonyl (C=O) groups excluding carboxylic acids is 2. The molecule has 0 spiro atoms. The van der Waals surface area contributed by atoms with Crippen molar-refractivity contribution < 1.29 is 14.3 Å². The summed E-state index contributed by atoms with van der Waals surface area (Å²) < 4.78 is 5.71. The first-order valence-electron chi connectivity index (χ1n) is 7.85. The minimum Gasteiger partial charge on any atom is -0.372 e. The number of pyridine rings is 1. The summed E-state index contributed by atoms with van der Waals surface area (Å²) in [5.74, 6) is 0.541. The highest BCUT2D eigenvalue weighted by atomic mass is 16.5. The van der Waals surface area contributed by atoms with Gasteiger partial charge in [0, 0.05) is 39.3 Å². The summed E-state index contributed by atoms with van der Waals surface area (Å²) in [6, 6.07) is 3.62. The number of ether oxygens (including phenoxy) is 1. The van der Waals surface area contributed by atoms with Crippen LogP contribution in [-0.4, -0.2) is 55.2 Å². The molecule has 2 heterocycles. The topological polar surface area (TPSA) is 83.6 Å². The minimum atomic E-state index is -0.196. The van der Waals surface area contributed by atoms with Crippen molar-refractivity contribution in [3.63, 3.8) is 0 Å². The van der Waals surface area contributed by atoms with Crippen molar-refractivity contribution in [3.05, 3.63) is 23.9 Å². The van der Waals surface area contributed by atoms with E-state index in [2.05, 4.69) is 20.5 Å². The van der Waals surface area contributed by atoms with E-state index in [0.717, 1.165) is 18.9 Å². The third-order valence-electron chi connectivity index (χ3n) is 3.54. The summed E-state index contributed by atoms with van der Waals surface area (Å²) in [5, 5.41) is 5.37. The standard InChI is InChI=1S/C16H24N4O3/c1-11-9-20(10-12(2)23-11)15-5-4-14(8-19-15)16(22)18-7-6-17-13(3)21/h4-5,8,11-12H,6-7,9-10H2,1-3H3,(H,17,21)(H,18,22). The summed E-state index contributed by atoms with van der Waals surface area (Å²) in [6.45, 7) is 7.91. The van der Waals surface area contributed by atoms with Crippen LogP contribution in [0.2, 0.25) is 0 Å². The second-order valence-corrected chi connectivity index (χ2v) is 5.81. The van der Waals surface area contributed by atoms with Crippen LogP contribution in [0.3, 0.4) is 0 Å². The van der Waals surface area contributed by atoms with E-state index < -0.39 is 0 Å². The second-order valence-electron chi connectivity index (χ2n) is 5.81. The molecular weight excluding hydrogens is 296 g/mol. The molecule has 1 aliphatic heterocycles. The summed E-state index contributed by atoms with van der Waals surface area (Å²) in [4.78, 5) is 29.3. The number of rotatable bonds is 5. The maximum absolute atomic E-state index is 12.0. The van der Waals surface area contributed by atoms with Crippen molar-refractivity contribution in [3.8, 4) is 0 Å². The molecule has 1 fully saturated rings. The molecule has 2 amide bonds. The van der Waals surface area contributed by atoms with Crippen LogP contribution in [-0.2, 0) is 9.53 Å². The molecule has 2 N–H and O–H groups in total. The SMILES string of the molecule is CC(=O)NCCNC(=O)c1ccc(N2CC(C)OC(C)C2)nc1. The van der Waals surface area contributed by atoms with Crippen LogP contribution in [0.4, 0.5) is 5.82 Å². The van der Waals surface area contributed by atoms with E-state index >= 15 is 0 Å². The first-order chi connectivity index (χ1) is 11.0. The zero-order chi connectivity index (χ0) is 16.8. The van der Waals surface area contributed by atoms with Gasteiger partial charge in [0.25, 0.3) is 5.91 Å². The average Bonchev–Trinajstić information content (AvgIpc) is 2.50. The van der Waals surface area contributed by atoms with E-state index in [1.807, 2.05) is 19.9 Å². The van der Waals surface area contributed by atoms with E-state index in [9.17, 15) is 9.59 Å². The maximum Gasteiger partial charge on any atom is 0.252 e. The lowest BCUT2D eigenvalue weighted by Crippen LogP contribution is -2.45. The molecule has 1 aromatic rings. The van der Waals surface area contributed by atoms with Crippen LogP contribution in [0.1, 0.15) is 31.1 Å². The zero-order valence-electron chi connectivity index (χ0n) is 13.8. The number of nitrogens with zero attached hydrogens (tertiary/aromatic N) is 2. The Morgan fingerprint density at radius 2 is 1.87 bits per heavy atom. The van der Waals surface area contributed by atoms with Gasteiger partial charge >= 0.3 is 0 Å². The van der Waals surface area contributed by atoms with Gasteiger partial charge in [-0.2, -0.15) is 0 Å². The average molecular weight is 320 g/mol. The number of amides is 2. The molecule has 126 valence electrons. The smallest absolute Gasteiger partial charge is 0.252 e. The molecule has 0 saturated carbocycles. The molecule has 2 rings (SSSR count). The van der Waals surface area contributed by atoms with Crippen LogP contribution in [0, 0.1) is 0 Å². The Bertz CT molecular complexity index is 537. The van der Waals surface area contributed by atoms with Crippen molar-refractivity contribution in [2.75, 3.05) is 31.1 Å². The molecule has 2 unspecified atom stereocenters. The zero-order valence-corrected chi connectivity index (χ0v) is 13.8. The number of hydrogen-bond acceptors (Lipinski definition) is 5. The third kappa shape index (κ3) is 5.21. The van der Waals surface area contributed by atoms with Gasteiger partial charge in [-0.05, 0) is 26.0 Å². The van der Waals surface area contributed by atoms with Crippen LogP contribution in [0.25, 0.3) is 0 Å². The van der Waals surface area contributed by atoms with Crippen molar-refractivity contribution in [2.45, 2.75) is 33.0 Å². The Kier molecular flexibility index (Phi) is 5.92. The molecule has 1 saturated heterocycles. The molecule has 1 aliphatic rings. The molecule has 7 heteroatoms. The van der Waals surface area contributed by atoms with Crippen molar-refractivity contribution in [1.82, 2.24) is 15.6 Å². The number of aromatic nitrogens is 1. The lowest BCUT2D eigenvalue weighted by molar-refractivity contribution is -0.118. The molecule has 0 aliphatic carbocycles. The lowest BCUT2D eigenvalue weighted by Gasteiger charge is -2.36. The molecule has 0 radical (unpaired) electrons. The van der Waals surface area contributed by atoms with Crippen LogP contribution in [0.15, 0.2) is 18.3 Å². The van der Waals surface area contributed by atoms with Crippen LogP contribution < -0.4 is 15.5 Å². The van der Waals surface area contributed by atoms with Gasteiger partial charge in [-0.15, -0.1) is 0 Å². The van der Waals surface area contributed by atoms with E-state index in [1.165, 1.54) is 6.92 Å². The van der Waals surface area contributed by atoms with Gasteiger partial charge in [0.1, 0.15) is 5.82 Å². The highest BCUT2D eigenvalue weighted by Gasteiger charge is 2.23. The molecule has 0 bridgehead atoms. The molecule has 2 atom stereocenters. The van der Waals surface area contributed by atoms with Gasteiger partial charge in [0.15, 0.2) is 0 Å². The number of morpholine rings is 1. The highest BCUT2D eigenvalue weighted by molar-refractivity contribution is 5.94. The first-order valence-corrected chi connectivity index (χ1v) is 7.85. The Hall–Kier alpha value is -2.15. The Labute approximate surface area is 136 Å². The molecule has 1 aromatic heterocycles. The number of hydrogen-bond donors (Lipinski definition) is 2. The summed E-state index contributed by atoms with van der Waals surface area (Å²) in [7, 11) is 0. The predicted octanol–water partition coefficient (Wildman–Crippen LogP) is 0.561. The van der Waals surface area contributed by atoms with Gasteiger partial charge in [-0.25, -0.2) is 4.98 Å². The van der Waals surface area contributed by atoms with Crippen molar-refractivity contribution >= 4 is 17.6 Å². The summed E-state index contributed by atoms with van der Waals surface area (Å²) in [6.07, 6.45) is 1.91.